The number of hydrogen-bond donors (Lipinski definition) is 0. The number of alkyl halides is 3. The van der Waals surface area contributed by atoms with Gasteiger partial charge in [-0.25, -0.2) is 4.98 Å². The van der Waals surface area contributed by atoms with E-state index < -0.39 is 11.7 Å². The molecule has 0 saturated carbocycles. The van der Waals surface area contributed by atoms with Crippen LogP contribution in [0.15, 0.2) is 12.3 Å². The number of rotatable bonds is 1. The van der Waals surface area contributed by atoms with E-state index in [1.54, 1.807) is 0 Å². The molecule has 0 saturated heterocycles. The minimum atomic E-state index is -4.47. The van der Waals surface area contributed by atoms with Crippen LogP contribution in [-0.2, 0) is 6.18 Å². The molecule has 2 nitrogen and oxygen atoms in total. The maximum absolute atomic E-state index is 12.2. The van der Waals surface area contributed by atoms with Crippen LogP contribution in [0.1, 0.15) is 5.56 Å². The maximum atomic E-state index is 12.2. The fourth-order valence-corrected chi connectivity index (χ4v) is 0.959. The predicted molar refractivity (Wildman–Crippen MR) is 40.8 cm³/mol. The normalized spacial score (nSPS) is 11.5. The Labute approximate surface area is 77.3 Å². The zero-order valence-corrected chi connectivity index (χ0v) is 7.28. The highest BCUT2D eigenvalue weighted by Crippen LogP contribution is 2.36. The zero-order valence-electron chi connectivity index (χ0n) is 6.52. The van der Waals surface area contributed by atoms with E-state index in [4.69, 9.17) is 11.6 Å². The number of methoxy groups -OCH3 is 1. The predicted octanol–water partition coefficient (Wildman–Crippen LogP) is 2.76. The quantitative estimate of drug-likeness (QED) is 0.667. The van der Waals surface area contributed by atoms with Gasteiger partial charge in [0.2, 0.25) is 0 Å². The fraction of sp³-hybridized carbons (Fsp3) is 0.286. The Bertz CT molecular complexity index is 313. The van der Waals surface area contributed by atoms with Crippen molar-refractivity contribution in [3.8, 4) is 5.75 Å². The highest BCUT2D eigenvalue weighted by atomic mass is 35.5. The summed E-state index contributed by atoms with van der Waals surface area (Å²) in [5.41, 5.74) is -0.921. The van der Waals surface area contributed by atoms with E-state index in [1.807, 2.05) is 0 Å². The second-order valence-corrected chi connectivity index (χ2v) is 2.59. The third-order valence-corrected chi connectivity index (χ3v) is 1.57. The molecule has 0 N–H and O–H groups in total. The van der Waals surface area contributed by atoms with E-state index in [2.05, 4.69) is 9.72 Å². The lowest BCUT2D eigenvalue weighted by Crippen LogP contribution is -2.07. The van der Waals surface area contributed by atoms with Gasteiger partial charge in [-0.05, 0) is 6.07 Å². The summed E-state index contributed by atoms with van der Waals surface area (Å²) >= 11 is 5.31. The van der Waals surface area contributed by atoms with Gasteiger partial charge in [-0.3, -0.25) is 0 Å². The van der Waals surface area contributed by atoms with Crippen LogP contribution in [0.3, 0.4) is 0 Å². The van der Waals surface area contributed by atoms with Crippen molar-refractivity contribution in [1.29, 1.82) is 0 Å². The third-order valence-electron chi connectivity index (χ3n) is 1.36. The van der Waals surface area contributed by atoms with Gasteiger partial charge in [0.25, 0.3) is 0 Å². The first-order chi connectivity index (χ1) is 5.95. The van der Waals surface area contributed by atoms with E-state index in [0.29, 0.717) is 0 Å². The average Bonchev–Trinajstić information content (AvgIpc) is 2.03. The van der Waals surface area contributed by atoms with Crippen molar-refractivity contribution < 1.29 is 17.9 Å². The van der Waals surface area contributed by atoms with Crippen molar-refractivity contribution in [1.82, 2.24) is 4.98 Å². The first kappa shape index (κ1) is 10.1. The second kappa shape index (κ2) is 3.41. The molecule has 0 aliphatic carbocycles. The summed E-state index contributed by atoms with van der Waals surface area (Å²) in [6.07, 6.45) is -3.54. The first-order valence-electron chi connectivity index (χ1n) is 3.22. The van der Waals surface area contributed by atoms with Crippen LogP contribution in [0, 0.1) is 0 Å². The standard InChI is InChI=1S/C7H5ClF3NO/c1-13-5-3-12-6(8)2-4(5)7(9,10)11/h2-3H,1H3. The summed E-state index contributed by atoms with van der Waals surface area (Å²) in [4.78, 5) is 3.46. The van der Waals surface area contributed by atoms with Gasteiger partial charge in [0.15, 0.2) is 0 Å². The number of pyridine rings is 1. The molecule has 1 rings (SSSR count). The van der Waals surface area contributed by atoms with Crippen LogP contribution in [-0.4, -0.2) is 12.1 Å². The second-order valence-electron chi connectivity index (χ2n) is 2.21. The Kier molecular flexibility index (Phi) is 2.66. The van der Waals surface area contributed by atoms with E-state index >= 15 is 0 Å². The molecule has 0 aliphatic rings. The largest absolute Gasteiger partial charge is 0.494 e. The summed E-state index contributed by atoms with van der Waals surface area (Å²) in [6, 6.07) is 0.723. The molecule has 1 heterocycles. The van der Waals surface area contributed by atoms with E-state index in [1.165, 1.54) is 0 Å². The molecule has 1 aromatic rings. The molecule has 0 aliphatic heterocycles. The molecule has 0 amide bonds. The molecule has 1 aromatic heterocycles. The van der Waals surface area contributed by atoms with E-state index in [9.17, 15) is 13.2 Å². The molecule has 72 valence electrons. The van der Waals surface area contributed by atoms with Crippen LogP contribution in [0.4, 0.5) is 13.2 Å². The summed E-state index contributed by atoms with van der Waals surface area (Å²) in [7, 11) is 1.14. The Morgan fingerprint density at radius 2 is 2.08 bits per heavy atom. The smallest absolute Gasteiger partial charge is 0.420 e. The summed E-state index contributed by atoms with van der Waals surface area (Å²) < 4.78 is 41.2. The Morgan fingerprint density at radius 1 is 1.46 bits per heavy atom. The number of ether oxygens (including phenoxy) is 1. The van der Waals surface area contributed by atoms with Gasteiger partial charge in [-0.1, -0.05) is 11.6 Å². The fourth-order valence-electron chi connectivity index (χ4n) is 0.802. The van der Waals surface area contributed by atoms with Crippen molar-refractivity contribution in [2.24, 2.45) is 0 Å². The lowest BCUT2D eigenvalue weighted by molar-refractivity contribution is -0.138. The van der Waals surface area contributed by atoms with E-state index in [0.717, 1.165) is 19.4 Å². The van der Waals surface area contributed by atoms with Crippen molar-refractivity contribution >= 4 is 11.6 Å². The van der Waals surface area contributed by atoms with Gasteiger partial charge < -0.3 is 4.74 Å². The Morgan fingerprint density at radius 3 is 2.54 bits per heavy atom. The van der Waals surface area contributed by atoms with Gasteiger partial charge in [-0.15, -0.1) is 0 Å². The highest BCUT2D eigenvalue weighted by molar-refractivity contribution is 6.29. The minimum absolute atomic E-state index is 0.215. The molecule has 0 aromatic carbocycles. The van der Waals surface area contributed by atoms with Crippen molar-refractivity contribution in [2.45, 2.75) is 6.18 Å². The lowest BCUT2D eigenvalue weighted by Gasteiger charge is -2.10. The van der Waals surface area contributed by atoms with Gasteiger partial charge >= 0.3 is 6.18 Å². The SMILES string of the molecule is COc1cnc(Cl)cc1C(F)(F)F. The molecular weight excluding hydrogens is 207 g/mol. The number of halogens is 4. The Hall–Kier alpha value is -0.970. The maximum Gasteiger partial charge on any atom is 0.420 e. The van der Waals surface area contributed by atoms with Gasteiger partial charge in [-0.2, -0.15) is 13.2 Å². The average molecular weight is 212 g/mol. The van der Waals surface area contributed by atoms with Crippen LogP contribution in [0.2, 0.25) is 5.15 Å². The van der Waals surface area contributed by atoms with Gasteiger partial charge in [0.1, 0.15) is 16.5 Å². The van der Waals surface area contributed by atoms with Crippen LogP contribution in [0.5, 0.6) is 5.75 Å². The topological polar surface area (TPSA) is 22.1 Å². The number of nitrogens with zero attached hydrogens (tertiary/aromatic N) is 1. The lowest BCUT2D eigenvalue weighted by atomic mass is 10.2. The van der Waals surface area contributed by atoms with Gasteiger partial charge in [0.05, 0.1) is 13.3 Å². The molecule has 0 radical (unpaired) electrons. The molecule has 6 heteroatoms. The highest BCUT2D eigenvalue weighted by Gasteiger charge is 2.34. The van der Waals surface area contributed by atoms with Gasteiger partial charge in [0, 0.05) is 0 Å². The van der Waals surface area contributed by atoms with Crippen LogP contribution >= 0.6 is 11.6 Å². The molecule has 0 fully saturated rings. The third kappa shape index (κ3) is 2.24. The molecule has 13 heavy (non-hydrogen) atoms. The Balaban J connectivity index is 3.24. The molecule has 0 bridgehead atoms. The van der Waals surface area contributed by atoms with Crippen LogP contribution in [0.25, 0.3) is 0 Å². The van der Waals surface area contributed by atoms with Crippen molar-refractivity contribution in [3.05, 3.63) is 23.0 Å². The molecular formula is C7H5ClF3NO. The number of hydrogen-bond acceptors (Lipinski definition) is 2. The summed E-state index contributed by atoms with van der Waals surface area (Å²) in [5.74, 6) is -0.336. The first-order valence-corrected chi connectivity index (χ1v) is 3.59. The van der Waals surface area contributed by atoms with E-state index in [-0.39, 0.29) is 10.9 Å². The molecule has 0 unspecified atom stereocenters. The van der Waals surface area contributed by atoms with Crippen molar-refractivity contribution in [3.63, 3.8) is 0 Å². The monoisotopic (exact) mass is 211 g/mol. The van der Waals surface area contributed by atoms with Crippen LogP contribution < -0.4 is 4.74 Å². The number of aromatic nitrogens is 1. The van der Waals surface area contributed by atoms with Crippen molar-refractivity contribution in [2.75, 3.05) is 7.11 Å². The molecule has 0 atom stereocenters. The summed E-state index contributed by atoms with van der Waals surface area (Å²) in [5, 5.41) is -0.215. The minimum Gasteiger partial charge on any atom is -0.494 e. The zero-order chi connectivity index (χ0) is 10.1. The summed E-state index contributed by atoms with van der Waals surface area (Å²) in [6.45, 7) is 0. The molecule has 0 spiro atoms.